The molecule has 0 saturated heterocycles. The van der Waals surface area contributed by atoms with Crippen LogP contribution in [0.2, 0.25) is 0 Å². The Hall–Kier alpha value is -2.74. The third-order valence-corrected chi connectivity index (χ3v) is 5.25. The number of hydrogen-bond donors (Lipinski definition) is 2. The van der Waals surface area contributed by atoms with Gasteiger partial charge in [0.05, 0.1) is 24.8 Å². The third kappa shape index (κ3) is 5.13. The molecule has 0 bridgehead atoms. The number of benzene rings is 1. The van der Waals surface area contributed by atoms with Crippen LogP contribution >= 0.6 is 11.3 Å². The highest BCUT2D eigenvalue weighted by Gasteiger charge is 2.23. The predicted molar refractivity (Wildman–Crippen MR) is 103 cm³/mol. The fraction of sp³-hybridized carbons (Fsp3) is 0.368. The van der Waals surface area contributed by atoms with Gasteiger partial charge in [-0.1, -0.05) is 12.8 Å². The third-order valence-electron chi connectivity index (χ3n) is 4.44. The minimum atomic E-state index is -0.428. The monoisotopic (exact) mass is 387 g/mol. The molecule has 2 N–H and O–H groups in total. The van der Waals surface area contributed by atoms with Crippen molar-refractivity contribution in [3.05, 3.63) is 40.9 Å². The molecule has 0 atom stereocenters. The quantitative estimate of drug-likeness (QED) is 0.742. The molecule has 8 heteroatoms. The fourth-order valence-electron chi connectivity index (χ4n) is 3.02. The Kier molecular flexibility index (Phi) is 6.18. The molecule has 1 fully saturated rings. The van der Waals surface area contributed by atoms with Gasteiger partial charge in [-0.2, -0.15) is 0 Å². The van der Waals surface area contributed by atoms with Crippen LogP contribution in [0, 0.1) is 5.92 Å². The largest absolute Gasteiger partial charge is 0.465 e. The molecular formula is C19H21N3O4S. The van der Waals surface area contributed by atoms with Crippen molar-refractivity contribution in [1.29, 1.82) is 0 Å². The van der Waals surface area contributed by atoms with Crippen LogP contribution in [0.3, 0.4) is 0 Å². The standard InChI is InChI=1S/C19H21N3O4S/c1-26-18(25)13-6-8-14(9-7-13)20-16(23)10-15-11-27-19(21-15)22-17(24)12-4-2-3-5-12/h6-9,11-12H,2-5,10H2,1H3,(H,20,23)(H,21,22,24). The first kappa shape index (κ1) is 19.0. The highest BCUT2D eigenvalue weighted by Crippen LogP contribution is 2.26. The van der Waals surface area contributed by atoms with Gasteiger partial charge in [-0.05, 0) is 37.1 Å². The average molecular weight is 387 g/mol. The number of carbonyl (C=O) groups is 3. The zero-order valence-electron chi connectivity index (χ0n) is 15.0. The molecule has 1 saturated carbocycles. The van der Waals surface area contributed by atoms with Gasteiger partial charge in [-0.25, -0.2) is 9.78 Å². The molecule has 1 aliphatic carbocycles. The van der Waals surface area contributed by atoms with Crippen LogP contribution in [0.4, 0.5) is 10.8 Å². The van der Waals surface area contributed by atoms with E-state index in [0.717, 1.165) is 25.7 Å². The van der Waals surface area contributed by atoms with Crippen molar-refractivity contribution in [3.63, 3.8) is 0 Å². The Bertz CT molecular complexity index is 826. The zero-order valence-corrected chi connectivity index (χ0v) is 15.8. The molecule has 7 nitrogen and oxygen atoms in total. The summed E-state index contributed by atoms with van der Waals surface area (Å²) in [6.45, 7) is 0. The second-order valence-electron chi connectivity index (χ2n) is 6.41. The van der Waals surface area contributed by atoms with Crippen molar-refractivity contribution in [1.82, 2.24) is 4.98 Å². The highest BCUT2D eigenvalue weighted by molar-refractivity contribution is 7.13. The SMILES string of the molecule is COC(=O)c1ccc(NC(=O)Cc2csc(NC(=O)C3CCCC3)n2)cc1. The molecule has 1 aromatic carbocycles. The topological polar surface area (TPSA) is 97.4 Å². The highest BCUT2D eigenvalue weighted by atomic mass is 32.1. The number of thiazole rings is 1. The van der Waals surface area contributed by atoms with E-state index in [-0.39, 0.29) is 24.2 Å². The molecule has 0 unspecified atom stereocenters. The number of amides is 2. The van der Waals surface area contributed by atoms with E-state index in [0.29, 0.717) is 22.1 Å². The first-order valence-corrected chi connectivity index (χ1v) is 9.66. The molecule has 2 aromatic rings. The van der Waals surface area contributed by atoms with E-state index in [4.69, 9.17) is 0 Å². The number of hydrogen-bond acceptors (Lipinski definition) is 6. The summed E-state index contributed by atoms with van der Waals surface area (Å²) in [6.07, 6.45) is 4.17. The maximum atomic E-state index is 12.2. The number of carbonyl (C=O) groups excluding carboxylic acids is 3. The number of esters is 1. The zero-order chi connectivity index (χ0) is 19.2. The van der Waals surface area contributed by atoms with E-state index in [1.165, 1.54) is 18.4 Å². The van der Waals surface area contributed by atoms with Crippen molar-refractivity contribution in [3.8, 4) is 0 Å². The van der Waals surface area contributed by atoms with Crippen LogP contribution < -0.4 is 10.6 Å². The van der Waals surface area contributed by atoms with Gasteiger partial charge in [0.25, 0.3) is 0 Å². The van der Waals surface area contributed by atoms with E-state index in [1.807, 2.05) is 0 Å². The molecule has 3 rings (SSSR count). The smallest absolute Gasteiger partial charge is 0.337 e. The van der Waals surface area contributed by atoms with Crippen molar-refractivity contribution < 1.29 is 19.1 Å². The van der Waals surface area contributed by atoms with Gasteiger partial charge >= 0.3 is 5.97 Å². The van der Waals surface area contributed by atoms with E-state index in [1.54, 1.807) is 29.6 Å². The van der Waals surface area contributed by atoms with Crippen molar-refractivity contribution >= 4 is 39.9 Å². The number of aromatic nitrogens is 1. The second-order valence-corrected chi connectivity index (χ2v) is 7.27. The number of methoxy groups -OCH3 is 1. The summed E-state index contributed by atoms with van der Waals surface area (Å²) in [6, 6.07) is 6.44. The van der Waals surface area contributed by atoms with Gasteiger partial charge in [-0.15, -0.1) is 11.3 Å². The Balaban J connectivity index is 1.51. The number of nitrogens with one attached hydrogen (secondary N) is 2. The fourth-order valence-corrected chi connectivity index (χ4v) is 3.73. The molecule has 1 aromatic heterocycles. The first-order chi connectivity index (χ1) is 13.0. The second kappa shape index (κ2) is 8.77. The van der Waals surface area contributed by atoms with E-state index in [9.17, 15) is 14.4 Å². The molecule has 0 spiro atoms. The normalized spacial score (nSPS) is 14.0. The Morgan fingerprint density at radius 2 is 1.85 bits per heavy atom. The number of ether oxygens (including phenoxy) is 1. The average Bonchev–Trinajstić information content (AvgIpc) is 3.34. The Morgan fingerprint density at radius 1 is 1.15 bits per heavy atom. The van der Waals surface area contributed by atoms with Crippen LogP contribution in [0.25, 0.3) is 0 Å². The van der Waals surface area contributed by atoms with Gasteiger partial charge < -0.3 is 15.4 Å². The summed E-state index contributed by atoms with van der Waals surface area (Å²) in [4.78, 5) is 40.0. The summed E-state index contributed by atoms with van der Waals surface area (Å²) in [7, 11) is 1.32. The number of rotatable bonds is 6. The minimum absolute atomic E-state index is 0.0172. The summed E-state index contributed by atoms with van der Waals surface area (Å²) in [5.74, 6) is -0.556. The van der Waals surface area contributed by atoms with Crippen molar-refractivity contribution in [2.75, 3.05) is 17.7 Å². The van der Waals surface area contributed by atoms with Crippen LogP contribution in [0.1, 0.15) is 41.7 Å². The van der Waals surface area contributed by atoms with Crippen molar-refractivity contribution in [2.45, 2.75) is 32.1 Å². The van der Waals surface area contributed by atoms with E-state index in [2.05, 4.69) is 20.4 Å². The van der Waals surface area contributed by atoms with Crippen LogP contribution in [0.5, 0.6) is 0 Å². The van der Waals surface area contributed by atoms with Crippen LogP contribution in [-0.4, -0.2) is 29.9 Å². The lowest BCUT2D eigenvalue weighted by molar-refractivity contribution is -0.119. The Labute approximate surface area is 161 Å². The van der Waals surface area contributed by atoms with E-state index < -0.39 is 5.97 Å². The summed E-state index contributed by atoms with van der Waals surface area (Å²) in [5.41, 5.74) is 1.60. The first-order valence-electron chi connectivity index (χ1n) is 8.78. The maximum Gasteiger partial charge on any atom is 0.337 e. The van der Waals surface area contributed by atoms with Gasteiger partial charge in [-0.3, -0.25) is 9.59 Å². The lowest BCUT2D eigenvalue weighted by Crippen LogP contribution is -2.20. The molecule has 1 aliphatic rings. The van der Waals surface area contributed by atoms with Crippen LogP contribution in [0.15, 0.2) is 29.6 Å². The summed E-state index contributed by atoms with van der Waals surface area (Å²) >= 11 is 1.32. The molecule has 2 amide bonds. The van der Waals surface area contributed by atoms with Crippen molar-refractivity contribution in [2.24, 2.45) is 5.92 Å². The molecule has 0 aliphatic heterocycles. The molecular weight excluding hydrogens is 366 g/mol. The number of anilines is 2. The van der Waals surface area contributed by atoms with Gasteiger partial charge in [0.1, 0.15) is 0 Å². The van der Waals surface area contributed by atoms with Gasteiger partial charge in [0.2, 0.25) is 11.8 Å². The van der Waals surface area contributed by atoms with Gasteiger partial charge in [0.15, 0.2) is 5.13 Å². The van der Waals surface area contributed by atoms with Gasteiger partial charge in [0, 0.05) is 17.0 Å². The lowest BCUT2D eigenvalue weighted by atomic mass is 10.1. The molecule has 142 valence electrons. The summed E-state index contributed by atoms with van der Waals surface area (Å²) in [5, 5.41) is 7.89. The maximum absolute atomic E-state index is 12.2. The van der Waals surface area contributed by atoms with E-state index >= 15 is 0 Å². The van der Waals surface area contributed by atoms with Crippen LogP contribution in [-0.2, 0) is 20.7 Å². The summed E-state index contributed by atoms with van der Waals surface area (Å²) < 4.78 is 4.64. The number of nitrogens with zero attached hydrogens (tertiary/aromatic N) is 1. The predicted octanol–water partition coefficient (Wildman–Crippen LogP) is 3.24. The lowest BCUT2D eigenvalue weighted by Gasteiger charge is -2.07. The molecule has 1 heterocycles. The minimum Gasteiger partial charge on any atom is -0.465 e. The Morgan fingerprint density at radius 3 is 2.52 bits per heavy atom. The molecule has 27 heavy (non-hydrogen) atoms. The molecule has 0 radical (unpaired) electrons.